The Morgan fingerprint density at radius 2 is 0.714 bits per heavy atom. The molecule has 1 saturated carbocycles. The van der Waals surface area contributed by atoms with Gasteiger partial charge in [-0.1, -0.05) is 251 Å². The summed E-state index contributed by atoms with van der Waals surface area (Å²) < 4.78 is 65.0. The third kappa shape index (κ3) is 37.9. The van der Waals surface area contributed by atoms with Gasteiger partial charge in [0.2, 0.25) is 0 Å². The molecule has 11 N–H and O–H groups in total. The maximum atomic E-state index is 14.3. The van der Waals surface area contributed by atoms with Crippen molar-refractivity contribution in [2.45, 2.75) is 407 Å². The van der Waals surface area contributed by atoms with Crippen LogP contribution in [0.2, 0.25) is 0 Å². The van der Waals surface area contributed by atoms with Crippen LogP contribution in [0.25, 0.3) is 0 Å². The number of aliphatic hydroxyl groups is 10. The van der Waals surface area contributed by atoms with Crippen LogP contribution in [-0.2, 0) is 61.2 Å². The number of esters is 3. The van der Waals surface area contributed by atoms with E-state index in [0.29, 0.717) is 19.3 Å². The summed E-state index contributed by atoms with van der Waals surface area (Å²) >= 11 is 0. The van der Waals surface area contributed by atoms with Gasteiger partial charge in [0.15, 0.2) is 18.7 Å². The predicted molar refractivity (Wildman–Crippen MR) is 370 cm³/mol. The first-order valence-corrected chi connectivity index (χ1v) is 40.0. The maximum absolute atomic E-state index is 14.3. The first-order valence-electron chi connectivity index (χ1n) is 38.5. The minimum absolute atomic E-state index is 0.0248. The first kappa shape index (κ1) is 89.9. The molecule has 25 heteroatoms. The molecule has 18 atom stereocenters. The molecule has 2 saturated heterocycles. The SMILES string of the molecule is CCCCCC/C=C\CCCCCCCCCC(=O)OCC1OC(OC2C(O)C(O)C(O)C(OC3OC(CO)C(O)C(O)C3O)C2OP(=O)(O)OCC(COC(=O)CCCCCCCCCCCCCCCCCC)OC(=O)CCCCCCCCCCCCCC)C(O)C(O)C1O. The number of ether oxygens (including phenoxy) is 7. The van der Waals surface area contributed by atoms with Crippen molar-refractivity contribution in [1.82, 2.24) is 0 Å². The molecule has 18 unspecified atom stereocenters. The molecule has 3 rings (SSSR count). The van der Waals surface area contributed by atoms with Gasteiger partial charge in [0.1, 0.15) is 98.7 Å². The lowest BCUT2D eigenvalue weighted by Gasteiger charge is -2.49. The van der Waals surface area contributed by atoms with Crippen molar-refractivity contribution in [1.29, 1.82) is 0 Å². The van der Waals surface area contributed by atoms with E-state index in [0.717, 1.165) is 109 Å². The van der Waals surface area contributed by atoms with Gasteiger partial charge in [-0.3, -0.25) is 23.4 Å². The normalized spacial score (nSPS) is 27.7. The van der Waals surface area contributed by atoms with Crippen LogP contribution in [0.15, 0.2) is 12.2 Å². The number of carbonyl (C=O) groups is 3. The van der Waals surface area contributed by atoms with E-state index in [1.165, 1.54) is 135 Å². The third-order valence-corrected chi connectivity index (χ3v) is 20.0. The first-order chi connectivity index (χ1) is 47.3. The Hall–Kier alpha value is -2.30. The molecule has 0 spiro atoms. The quantitative estimate of drug-likeness (QED) is 0.00886. The van der Waals surface area contributed by atoms with E-state index in [4.69, 9.17) is 42.2 Å². The second kappa shape index (κ2) is 55.2. The Kier molecular flexibility index (Phi) is 50.7. The summed E-state index contributed by atoms with van der Waals surface area (Å²) in [6.07, 6.45) is 14.1. The lowest BCUT2D eigenvalue weighted by Crippen LogP contribution is -2.69. The highest BCUT2D eigenvalue weighted by atomic mass is 31.2. The summed E-state index contributed by atoms with van der Waals surface area (Å²) in [5, 5.41) is 110. The van der Waals surface area contributed by atoms with E-state index in [-0.39, 0.29) is 19.3 Å². The van der Waals surface area contributed by atoms with Crippen LogP contribution in [0.4, 0.5) is 0 Å². The fourth-order valence-electron chi connectivity index (χ4n) is 12.8. The van der Waals surface area contributed by atoms with Gasteiger partial charge < -0.3 is 89.1 Å². The topological polar surface area (TPSA) is 374 Å². The number of aliphatic hydroxyl groups excluding tert-OH is 10. The molecular weight excluding hydrogens is 1290 g/mol. The minimum Gasteiger partial charge on any atom is -0.463 e. The van der Waals surface area contributed by atoms with E-state index < -0.39 is 156 Å². The molecule has 0 aromatic rings. The smallest absolute Gasteiger partial charge is 0.463 e. The van der Waals surface area contributed by atoms with Crippen molar-refractivity contribution >= 4 is 25.7 Å². The number of hydrogen-bond acceptors (Lipinski definition) is 23. The zero-order chi connectivity index (χ0) is 71.8. The molecular formula is C73H135O24P. The van der Waals surface area contributed by atoms with E-state index in [1.807, 2.05) is 0 Å². The summed E-state index contributed by atoms with van der Waals surface area (Å²) in [4.78, 5) is 51.0. The van der Waals surface area contributed by atoms with E-state index >= 15 is 0 Å². The number of phosphoric acid groups is 1. The molecule has 0 radical (unpaired) electrons. The average Bonchev–Trinajstić information content (AvgIpc) is 0.762. The van der Waals surface area contributed by atoms with Crippen LogP contribution < -0.4 is 0 Å². The number of allylic oxidation sites excluding steroid dienone is 2. The summed E-state index contributed by atoms with van der Waals surface area (Å²) in [6.45, 7) is 3.45. The van der Waals surface area contributed by atoms with E-state index in [9.17, 15) is 74.9 Å². The molecule has 0 amide bonds. The Labute approximate surface area is 586 Å². The van der Waals surface area contributed by atoms with Gasteiger partial charge in [0, 0.05) is 19.3 Å². The lowest BCUT2D eigenvalue weighted by molar-refractivity contribution is -0.360. The van der Waals surface area contributed by atoms with Crippen LogP contribution in [0, 0.1) is 0 Å². The Bertz CT molecular complexity index is 2080. The molecule has 98 heavy (non-hydrogen) atoms. The number of rotatable bonds is 60. The minimum atomic E-state index is -5.69. The standard InChI is InChI=1S/C73H135O24P/c1-4-7-10-13-16-19-22-25-27-29-31-33-35-38-41-44-47-57(75)89-51-54(92-59(77)49-46-43-40-37-32-24-21-18-15-12-9-6-3)52-91-98(87,88)97-71-69(95-72-67(85)62(80)60(78)55(50-74)93-72)65(83)64(82)66(84)70(71)96-73-68(86)63(81)61(79)56(94-73)53-90-58(76)48-45-42-39-36-34-30-28-26-23-20-17-14-11-8-5-2/h20,23,54-56,60-74,78-86H,4-19,21-22,24-53H2,1-3H3,(H,87,88)/b23-20-. The Balaban J connectivity index is 1.72. The van der Waals surface area contributed by atoms with Crippen molar-refractivity contribution in [2.75, 3.05) is 26.4 Å². The van der Waals surface area contributed by atoms with Crippen molar-refractivity contribution in [3.8, 4) is 0 Å². The summed E-state index contributed by atoms with van der Waals surface area (Å²) in [7, 11) is -5.69. The highest BCUT2D eigenvalue weighted by Crippen LogP contribution is 2.49. The molecule has 0 aromatic heterocycles. The van der Waals surface area contributed by atoms with E-state index in [1.54, 1.807) is 0 Å². The van der Waals surface area contributed by atoms with Crippen LogP contribution in [-0.4, -0.2) is 204 Å². The average molecular weight is 1430 g/mol. The highest BCUT2D eigenvalue weighted by molar-refractivity contribution is 7.47. The van der Waals surface area contributed by atoms with Gasteiger partial charge in [-0.05, 0) is 44.9 Å². The monoisotopic (exact) mass is 1430 g/mol. The predicted octanol–water partition coefficient (Wildman–Crippen LogP) is 10.7. The highest BCUT2D eigenvalue weighted by Gasteiger charge is 2.58. The molecule has 0 bridgehead atoms. The number of hydrogen-bond donors (Lipinski definition) is 11. The van der Waals surface area contributed by atoms with Crippen molar-refractivity contribution in [3.63, 3.8) is 0 Å². The van der Waals surface area contributed by atoms with Gasteiger partial charge in [0.05, 0.1) is 13.2 Å². The second-order valence-corrected chi connectivity index (χ2v) is 29.1. The molecule has 24 nitrogen and oxygen atoms in total. The summed E-state index contributed by atoms with van der Waals surface area (Å²) in [5.74, 6) is -1.98. The molecule has 576 valence electrons. The Morgan fingerprint density at radius 3 is 1.11 bits per heavy atom. The zero-order valence-corrected chi connectivity index (χ0v) is 61.0. The fraction of sp³-hybridized carbons (Fsp3) is 0.932. The molecule has 2 heterocycles. The maximum Gasteiger partial charge on any atom is 0.472 e. The summed E-state index contributed by atoms with van der Waals surface area (Å²) in [5.41, 5.74) is 0. The largest absolute Gasteiger partial charge is 0.472 e. The summed E-state index contributed by atoms with van der Waals surface area (Å²) in [6, 6.07) is 0. The zero-order valence-electron chi connectivity index (χ0n) is 60.1. The van der Waals surface area contributed by atoms with Crippen molar-refractivity contribution in [3.05, 3.63) is 12.2 Å². The van der Waals surface area contributed by atoms with Crippen LogP contribution in [0.1, 0.15) is 303 Å². The van der Waals surface area contributed by atoms with Crippen LogP contribution >= 0.6 is 7.82 Å². The second-order valence-electron chi connectivity index (χ2n) is 27.7. The van der Waals surface area contributed by atoms with Gasteiger partial charge in [-0.25, -0.2) is 4.57 Å². The molecule has 1 aliphatic carbocycles. The lowest BCUT2D eigenvalue weighted by atomic mass is 9.84. The third-order valence-electron chi connectivity index (χ3n) is 19.0. The van der Waals surface area contributed by atoms with Crippen molar-refractivity contribution in [2.24, 2.45) is 0 Å². The number of unbranched alkanes of at least 4 members (excludes halogenated alkanes) is 37. The van der Waals surface area contributed by atoms with E-state index in [2.05, 4.69) is 32.9 Å². The van der Waals surface area contributed by atoms with Crippen LogP contribution in [0.3, 0.4) is 0 Å². The van der Waals surface area contributed by atoms with Gasteiger partial charge in [-0.15, -0.1) is 0 Å². The number of carbonyl (C=O) groups excluding carboxylic acids is 3. The molecule has 0 aromatic carbocycles. The fourth-order valence-corrected chi connectivity index (χ4v) is 13.7. The molecule has 3 aliphatic rings. The van der Waals surface area contributed by atoms with Gasteiger partial charge in [0.25, 0.3) is 0 Å². The number of phosphoric ester groups is 1. The van der Waals surface area contributed by atoms with Gasteiger partial charge in [-0.2, -0.15) is 0 Å². The molecule has 2 aliphatic heterocycles. The van der Waals surface area contributed by atoms with Crippen molar-refractivity contribution < 1.29 is 117 Å². The Morgan fingerprint density at radius 1 is 0.388 bits per heavy atom. The molecule has 3 fully saturated rings. The van der Waals surface area contributed by atoms with Gasteiger partial charge >= 0.3 is 25.7 Å². The van der Waals surface area contributed by atoms with Crippen LogP contribution in [0.5, 0.6) is 0 Å².